The maximum Gasteiger partial charge on any atom is 0.227 e. The molecule has 1 heterocycles. The number of aryl methyl sites for hydroxylation is 2. The number of rotatable bonds is 7. The van der Waals surface area contributed by atoms with Gasteiger partial charge < -0.3 is 15.4 Å². The predicted octanol–water partition coefficient (Wildman–Crippen LogP) is 3.86. The molecule has 7 nitrogen and oxygen atoms in total. The summed E-state index contributed by atoms with van der Waals surface area (Å²) in [6.07, 6.45) is 0.251. The van der Waals surface area contributed by atoms with Gasteiger partial charge in [0.15, 0.2) is 0 Å². The molecular formula is C22H24N4O3. The summed E-state index contributed by atoms with van der Waals surface area (Å²) in [5.74, 6) is 1.06. The lowest BCUT2D eigenvalue weighted by Gasteiger charge is -2.10. The molecule has 29 heavy (non-hydrogen) atoms. The van der Waals surface area contributed by atoms with Crippen molar-refractivity contribution in [1.82, 2.24) is 9.78 Å². The number of carbonyl (C=O) groups is 2. The summed E-state index contributed by atoms with van der Waals surface area (Å²) in [4.78, 5) is 23.5. The van der Waals surface area contributed by atoms with Gasteiger partial charge in [-0.25, -0.2) is 4.68 Å². The van der Waals surface area contributed by atoms with E-state index >= 15 is 0 Å². The lowest BCUT2D eigenvalue weighted by molar-refractivity contribution is -0.116. The second-order valence-corrected chi connectivity index (χ2v) is 6.77. The maximum atomic E-state index is 12.1. The van der Waals surface area contributed by atoms with E-state index in [2.05, 4.69) is 15.7 Å². The Balaban J connectivity index is 1.56. The van der Waals surface area contributed by atoms with E-state index in [0.29, 0.717) is 18.1 Å². The quantitative estimate of drug-likeness (QED) is 0.639. The third kappa shape index (κ3) is 5.68. The number of hydrogen-bond donors (Lipinski definition) is 2. The van der Waals surface area contributed by atoms with Gasteiger partial charge in [-0.1, -0.05) is 12.1 Å². The largest absolute Gasteiger partial charge is 0.493 e. The zero-order valence-corrected chi connectivity index (χ0v) is 16.7. The van der Waals surface area contributed by atoms with Gasteiger partial charge in [0.1, 0.15) is 11.6 Å². The summed E-state index contributed by atoms with van der Waals surface area (Å²) in [7, 11) is 0. The Labute approximate surface area is 169 Å². The topological polar surface area (TPSA) is 85.3 Å². The summed E-state index contributed by atoms with van der Waals surface area (Å²) < 4.78 is 7.26. The molecular weight excluding hydrogens is 368 g/mol. The first-order chi connectivity index (χ1) is 13.9. The summed E-state index contributed by atoms with van der Waals surface area (Å²) >= 11 is 0. The number of hydrogen-bond acceptors (Lipinski definition) is 4. The number of anilines is 2. The minimum Gasteiger partial charge on any atom is -0.493 e. The molecule has 0 spiro atoms. The molecule has 0 unspecified atom stereocenters. The molecule has 0 aliphatic carbocycles. The number of carbonyl (C=O) groups excluding carboxylic acids is 2. The van der Waals surface area contributed by atoms with E-state index in [1.165, 1.54) is 6.92 Å². The Kier molecular flexibility index (Phi) is 6.29. The molecule has 0 aliphatic rings. The SMILES string of the molecule is CC(=O)Nc1cc(C)nn1-c1ccc(NC(=O)CCOc2cccc(C)c2)cc1. The van der Waals surface area contributed by atoms with Crippen molar-refractivity contribution in [3.8, 4) is 11.4 Å². The maximum absolute atomic E-state index is 12.1. The number of amides is 2. The van der Waals surface area contributed by atoms with Gasteiger partial charge in [-0.15, -0.1) is 0 Å². The molecule has 0 aliphatic heterocycles. The van der Waals surface area contributed by atoms with Crippen LogP contribution in [-0.4, -0.2) is 28.2 Å². The van der Waals surface area contributed by atoms with Crippen molar-refractivity contribution in [2.24, 2.45) is 0 Å². The van der Waals surface area contributed by atoms with Crippen LogP contribution in [0.1, 0.15) is 24.6 Å². The van der Waals surface area contributed by atoms with E-state index in [-0.39, 0.29) is 18.2 Å². The van der Waals surface area contributed by atoms with Crippen LogP contribution in [0, 0.1) is 13.8 Å². The first-order valence-electron chi connectivity index (χ1n) is 9.35. The molecule has 3 aromatic rings. The van der Waals surface area contributed by atoms with Crippen LogP contribution in [0.4, 0.5) is 11.5 Å². The van der Waals surface area contributed by atoms with Crippen LogP contribution in [-0.2, 0) is 9.59 Å². The molecule has 2 aromatic carbocycles. The summed E-state index contributed by atoms with van der Waals surface area (Å²) in [6, 6.07) is 16.8. The molecule has 0 atom stereocenters. The van der Waals surface area contributed by atoms with E-state index in [1.54, 1.807) is 22.9 Å². The third-order valence-electron chi connectivity index (χ3n) is 4.12. The number of benzene rings is 2. The van der Waals surface area contributed by atoms with E-state index in [1.807, 2.05) is 50.2 Å². The second kappa shape index (κ2) is 9.05. The second-order valence-electron chi connectivity index (χ2n) is 6.77. The highest BCUT2D eigenvalue weighted by Gasteiger charge is 2.09. The van der Waals surface area contributed by atoms with Gasteiger partial charge in [0.05, 0.1) is 24.4 Å². The Morgan fingerprint density at radius 2 is 1.79 bits per heavy atom. The number of ether oxygens (including phenoxy) is 1. The minimum absolute atomic E-state index is 0.126. The lowest BCUT2D eigenvalue weighted by Crippen LogP contribution is -2.15. The van der Waals surface area contributed by atoms with Crippen LogP contribution in [0.15, 0.2) is 54.6 Å². The fraction of sp³-hybridized carbons (Fsp3) is 0.227. The van der Waals surface area contributed by atoms with Crippen molar-refractivity contribution in [3.05, 3.63) is 65.9 Å². The van der Waals surface area contributed by atoms with E-state index in [0.717, 1.165) is 22.7 Å². The van der Waals surface area contributed by atoms with Crippen molar-refractivity contribution < 1.29 is 14.3 Å². The monoisotopic (exact) mass is 392 g/mol. The summed E-state index contributed by atoms with van der Waals surface area (Å²) in [5, 5.41) is 10.0. The Morgan fingerprint density at radius 3 is 2.48 bits per heavy atom. The Bertz CT molecular complexity index is 1010. The first-order valence-corrected chi connectivity index (χ1v) is 9.35. The van der Waals surface area contributed by atoms with Crippen molar-refractivity contribution >= 4 is 23.3 Å². The number of aromatic nitrogens is 2. The fourth-order valence-corrected chi connectivity index (χ4v) is 2.84. The highest BCUT2D eigenvalue weighted by Crippen LogP contribution is 2.19. The Morgan fingerprint density at radius 1 is 1.03 bits per heavy atom. The first kappa shape index (κ1) is 20.1. The van der Waals surface area contributed by atoms with Gasteiger partial charge in [-0.05, 0) is 55.8 Å². The molecule has 0 saturated carbocycles. The van der Waals surface area contributed by atoms with E-state index < -0.39 is 0 Å². The molecule has 0 radical (unpaired) electrons. The lowest BCUT2D eigenvalue weighted by atomic mass is 10.2. The smallest absolute Gasteiger partial charge is 0.227 e. The molecule has 3 rings (SSSR count). The predicted molar refractivity (Wildman–Crippen MR) is 113 cm³/mol. The molecule has 1 aromatic heterocycles. The zero-order valence-electron chi connectivity index (χ0n) is 16.7. The fourth-order valence-electron chi connectivity index (χ4n) is 2.84. The van der Waals surface area contributed by atoms with Gasteiger partial charge in [-0.2, -0.15) is 5.10 Å². The van der Waals surface area contributed by atoms with Crippen molar-refractivity contribution in [2.75, 3.05) is 17.2 Å². The number of nitrogens with one attached hydrogen (secondary N) is 2. The van der Waals surface area contributed by atoms with E-state index in [9.17, 15) is 9.59 Å². The molecule has 0 bridgehead atoms. The zero-order chi connectivity index (χ0) is 20.8. The minimum atomic E-state index is -0.164. The average Bonchev–Trinajstić information content (AvgIpc) is 3.02. The summed E-state index contributed by atoms with van der Waals surface area (Å²) in [5.41, 5.74) is 3.36. The Hall–Kier alpha value is -3.61. The van der Waals surface area contributed by atoms with Crippen LogP contribution >= 0.6 is 0 Å². The normalized spacial score (nSPS) is 10.4. The van der Waals surface area contributed by atoms with Crippen molar-refractivity contribution in [3.63, 3.8) is 0 Å². The van der Waals surface area contributed by atoms with Gasteiger partial charge in [0.2, 0.25) is 11.8 Å². The van der Waals surface area contributed by atoms with Gasteiger partial charge >= 0.3 is 0 Å². The highest BCUT2D eigenvalue weighted by atomic mass is 16.5. The van der Waals surface area contributed by atoms with Crippen LogP contribution in [0.25, 0.3) is 5.69 Å². The molecule has 0 saturated heterocycles. The third-order valence-corrected chi connectivity index (χ3v) is 4.12. The average molecular weight is 392 g/mol. The van der Waals surface area contributed by atoms with Crippen LogP contribution < -0.4 is 15.4 Å². The molecule has 2 amide bonds. The van der Waals surface area contributed by atoms with Gasteiger partial charge in [0.25, 0.3) is 0 Å². The summed E-state index contributed by atoms with van der Waals surface area (Å²) in [6.45, 7) is 5.61. The van der Waals surface area contributed by atoms with Crippen LogP contribution in [0.5, 0.6) is 5.75 Å². The van der Waals surface area contributed by atoms with Crippen molar-refractivity contribution in [1.29, 1.82) is 0 Å². The van der Waals surface area contributed by atoms with Gasteiger partial charge in [-0.3, -0.25) is 9.59 Å². The standard InChI is InChI=1S/C22H24N4O3/c1-15-5-4-6-20(13-15)29-12-11-22(28)24-18-7-9-19(10-8-18)26-21(23-17(3)27)14-16(2)25-26/h4-10,13-14H,11-12H2,1-3H3,(H,23,27)(H,24,28). The molecule has 0 fully saturated rings. The van der Waals surface area contributed by atoms with Gasteiger partial charge in [0, 0.05) is 18.7 Å². The molecule has 150 valence electrons. The molecule has 7 heteroatoms. The van der Waals surface area contributed by atoms with Crippen molar-refractivity contribution in [2.45, 2.75) is 27.2 Å². The number of nitrogens with zero attached hydrogens (tertiary/aromatic N) is 2. The van der Waals surface area contributed by atoms with Crippen LogP contribution in [0.2, 0.25) is 0 Å². The molecule has 2 N–H and O–H groups in total. The van der Waals surface area contributed by atoms with E-state index in [4.69, 9.17) is 4.74 Å². The van der Waals surface area contributed by atoms with Crippen LogP contribution in [0.3, 0.4) is 0 Å². The highest BCUT2D eigenvalue weighted by molar-refractivity contribution is 5.91.